The quantitative estimate of drug-likeness (QED) is 0.594. The number of carbonyl (C=O) groups excluding carboxylic acids is 1. The van der Waals surface area contributed by atoms with Crippen molar-refractivity contribution in [3.63, 3.8) is 0 Å². The summed E-state index contributed by atoms with van der Waals surface area (Å²) in [6.45, 7) is 0. The summed E-state index contributed by atoms with van der Waals surface area (Å²) >= 11 is 0. The Morgan fingerprint density at radius 1 is 1.62 bits per heavy atom. The summed E-state index contributed by atoms with van der Waals surface area (Å²) in [5.41, 5.74) is 4.97. The average Bonchev–Trinajstić information content (AvgIpc) is 2.75. The predicted molar refractivity (Wildman–Crippen MR) is 40.8 cm³/mol. The number of aromatic nitrogens is 3. The SMILES string of the molecule is NC(=O)C1N=NC(c2ncn[nH]2)=N1. The van der Waals surface area contributed by atoms with Crippen molar-refractivity contribution in [1.29, 1.82) is 0 Å². The van der Waals surface area contributed by atoms with E-state index in [2.05, 4.69) is 30.4 Å². The average molecular weight is 179 g/mol. The van der Waals surface area contributed by atoms with Crippen molar-refractivity contribution in [2.24, 2.45) is 21.0 Å². The predicted octanol–water partition coefficient (Wildman–Crippen LogP) is -1.17. The van der Waals surface area contributed by atoms with Crippen LogP contribution < -0.4 is 5.73 Å². The molecule has 1 unspecified atom stereocenters. The molecule has 1 aromatic heterocycles. The molecule has 2 heterocycles. The summed E-state index contributed by atoms with van der Waals surface area (Å²) in [6, 6.07) is 0. The van der Waals surface area contributed by atoms with Gasteiger partial charge in [-0.3, -0.25) is 9.89 Å². The third-order valence-electron chi connectivity index (χ3n) is 1.39. The monoisotopic (exact) mass is 179 g/mol. The van der Waals surface area contributed by atoms with Crippen molar-refractivity contribution in [1.82, 2.24) is 15.2 Å². The molecule has 0 spiro atoms. The molecule has 66 valence electrons. The number of nitrogens with one attached hydrogen (secondary N) is 1. The molecule has 0 aromatic carbocycles. The Morgan fingerprint density at radius 3 is 3.00 bits per heavy atom. The summed E-state index contributed by atoms with van der Waals surface area (Å²) in [5.74, 6) is -0.0351. The topological polar surface area (TPSA) is 122 Å². The first-order valence-corrected chi connectivity index (χ1v) is 3.41. The van der Waals surface area contributed by atoms with Gasteiger partial charge in [-0.2, -0.15) is 5.10 Å². The Bertz CT molecular complexity index is 378. The van der Waals surface area contributed by atoms with Gasteiger partial charge in [-0.15, -0.1) is 10.2 Å². The third-order valence-corrected chi connectivity index (χ3v) is 1.39. The fraction of sp³-hybridized carbons (Fsp3) is 0.200. The minimum Gasteiger partial charge on any atom is -0.366 e. The number of carbonyl (C=O) groups is 1. The molecule has 2 rings (SSSR count). The minimum absolute atomic E-state index is 0.237. The number of amidine groups is 1. The number of hydrogen-bond acceptors (Lipinski definition) is 6. The number of nitrogens with zero attached hydrogens (tertiary/aromatic N) is 5. The highest BCUT2D eigenvalue weighted by Gasteiger charge is 2.21. The largest absolute Gasteiger partial charge is 0.366 e. The zero-order chi connectivity index (χ0) is 9.26. The molecule has 8 heteroatoms. The summed E-state index contributed by atoms with van der Waals surface area (Å²) in [7, 11) is 0. The number of rotatable bonds is 2. The highest BCUT2D eigenvalue weighted by molar-refractivity contribution is 5.98. The fourth-order valence-electron chi connectivity index (χ4n) is 0.819. The molecule has 0 radical (unpaired) electrons. The summed E-state index contributed by atoms with van der Waals surface area (Å²) < 4.78 is 0. The van der Waals surface area contributed by atoms with Crippen molar-refractivity contribution in [3.05, 3.63) is 12.2 Å². The van der Waals surface area contributed by atoms with Gasteiger partial charge in [0.15, 0.2) is 5.82 Å². The fourth-order valence-corrected chi connectivity index (χ4v) is 0.819. The number of nitrogens with two attached hydrogens (primary N) is 1. The Balaban J connectivity index is 2.26. The van der Waals surface area contributed by atoms with Crippen molar-refractivity contribution in [2.45, 2.75) is 6.17 Å². The maximum atomic E-state index is 10.6. The van der Waals surface area contributed by atoms with Crippen molar-refractivity contribution in [3.8, 4) is 0 Å². The Hall–Kier alpha value is -2.12. The van der Waals surface area contributed by atoms with E-state index in [-0.39, 0.29) is 5.84 Å². The normalized spacial score (nSPS) is 20.3. The van der Waals surface area contributed by atoms with E-state index in [1.54, 1.807) is 0 Å². The second-order valence-electron chi connectivity index (χ2n) is 2.28. The molecular formula is C5H5N7O. The Morgan fingerprint density at radius 2 is 2.46 bits per heavy atom. The van der Waals surface area contributed by atoms with E-state index in [1.165, 1.54) is 6.33 Å². The first-order valence-electron chi connectivity index (χ1n) is 3.41. The summed E-state index contributed by atoms with van der Waals surface area (Å²) in [4.78, 5) is 18.2. The zero-order valence-electron chi connectivity index (χ0n) is 6.38. The van der Waals surface area contributed by atoms with Gasteiger partial charge >= 0.3 is 0 Å². The third kappa shape index (κ3) is 1.28. The standard InChI is InChI=1S/C5H5N7O/c6-2(13)3-9-5(12-11-3)4-7-1-8-10-4/h1,3H,(H2,6,13)(H,7,8,10). The maximum absolute atomic E-state index is 10.6. The lowest BCUT2D eigenvalue weighted by Crippen LogP contribution is -2.23. The van der Waals surface area contributed by atoms with Crippen LogP contribution in [0.1, 0.15) is 5.82 Å². The van der Waals surface area contributed by atoms with Gasteiger partial charge < -0.3 is 5.73 Å². The van der Waals surface area contributed by atoms with Crippen LogP contribution in [0.25, 0.3) is 0 Å². The van der Waals surface area contributed by atoms with Crippen LogP contribution >= 0.6 is 0 Å². The van der Waals surface area contributed by atoms with E-state index in [4.69, 9.17) is 5.73 Å². The number of aliphatic imine (C=N–C) groups is 1. The van der Waals surface area contributed by atoms with Crippen LogP contribution in [-0.4, -0.2) is 33.1 Å². The van der Waals surface area contributed by atoms with Crippen molar-refractivity contribution >= 4 is 11.7 Å². The molecule has 0 aliphatic carbocycles. The molecule has 1 amide bonds. The van der Waals surface area contributed by atoms with E-state index < -0.39 is 12.1 Å². The van der Waals surface area contributed by atoms with Crippen LogP contribution in [0.4, 0.5) is 0 Å². The van der Waals surface area contributed by atoms with Crippen LogP contribution in [0.2, 0.25) is 0 Å². The van der Waals surface area contributed by atoms with Crippen LogP contribution in [0.5, 0.6) is 0 Å². The molecule has 1 aromatic rings. The molecule has 0 fully saturated rings. The second-order valence-corrected chi connectivity index (χ2v) is 2.28. The number of amides is 1. The van der Waals surface area contributed by atoms with E-state index in [9.17, 15) is 4.79 Å². The Labute approximate surface area is 72.0 Å². The highest BCUT2D eigenvalue weighted by Crippen LogP contribution is 2.07. The molecule has 0 bridgehead atoms. The van der Waals surface area contributed by atoms with Crippen LogP contribution in [0, 0.1) is 0 Å². The van der Waals surface area contributed by atoms with Crippen LogP contribution in [0.3, 0.4) is 0 Å². The smallest absolute Gasteiger partial charge is 0.266 e. The van der Waals surface area contributed by atoms with E-state index in [1.807, 2.05) is 0 Å². The second kappa shape index (κ2) is 2.73. The van der Waals surface area contributed by atoms with E-state index in [0.29, 0.717) is 5.82 Å². The minimum atomic E-state index is -0.930. The number of azo groups is 1. The van der Waals surface area contributed by atoms with Gasteiger partial charge in [0, 0.05) is 0 Å². The molecule has 0 saturated carbocycles. The molecule has 0 saturated heterocycles. The van der Waals surface area contributed by atoms with Gasteiger partial charge in [0.2, 0.25) is 12.0 Å². The van der Waals surface area contributed by atoms with Crippen molar-refractivity contribution < 1.29 is 4.79 Å². The number of hydrogen-bond donors (Lipinski definition) is 2. The Kier molecular flexibility index (Phi) is 1.58. The van der Waals surface area contributed by atoms with Crippen LogP contribution in [-0.2, 0) is 4.79 Å². The van der Waals surface area contributed by atoms with Gasteiger partial charge in [0.1, 0.15) is 6.33 Å². The highest BCUT2D eigenvalue weighted by atomic mass is 16.1. The van der Waals surface area contributed by atoms with E-state index in [0.717, 1.165) is 0 Å². The molecule has 3 N–H and O–H groups in total. The van der Waals surface area contributed by atoms with Gasteiger partial charge in [-0.1, -0.05) is 0 Å². The molecule has 13 heavy (non-hydrogen) atoms. The van der Waals surface area contributed by atoms with Crippen LogP contribution in [0.15, 0.2) is 21.5 Å². The first kappa shape index (κ1) is 7.53. The van der Waals surface area contributed by atoms with Crippen molar-refractivity contribution in [2.75, 3.05) is 0 Å². The molecule has 1 aliphatic rings. The first-order chi connectivity index (χ1) is 6.27. The molecule has 8 nitrogen and oxygen atoms in total. The molecular weight excluding hydrogens is 174 g/mol. The summed E-state index contributed by atoms with van der Waals surface area (Å²) in [5, 5.41) is 13.3. The maximum Gasteiger partial charge on any atom is 0.266 e. The molecule has 1 atom stereocenters. The lowest BCUT2D eigenvalue weighted by molar-refractivity contribution is -0.119. The zero-order valence-corrected chi connectivity index (χ0v) is 6.38. The number of aromatic amines is 1. The van der Waals surface area contributed by atoms with Gasteiger partial charge in [0.25, 0.3) is 5.91 Å². The van der Waals surface area contributed by atoms with Gasteiger partial charge in [-0.05, 0) is 0 Å². The molecule has 1 aliphatic heterocycles. The lowest BCUT2D eigenvalue weighted by Gasteiger charge is -1.91. The van der Waals surface area contributed by atoms with E-state index >= 15 is 0 Å². The lowest BCUT2D eigenvalue weighted by atomic mass is 10.5. The number of primary amides is 1. The van der Waals surface area contributed by atoms with Gasteiger partial charge in [-0.25, -0.2) is 9.98 Å². The number of H-pyrrole nitrogens is 1. The van der Waals surface area contributed by atoms with Gasteiger partial charge in [0.05, 0.1) is 0 Å². The summed E-state index contributed by atoms with van der Waals surface area (Å²) in [6.07, 6.45) is 0.380.